The van der Waals surface area contributed by atoms with Crippen molar-refractivity contribution in [2.24, 2.45) is 0 Å². The van der Waals surface area contributed by atoms with E-state index in [9.17, 15) is 0 Å². The van der Waals surface area contributed by atoms with Crippen LogP contribution in [-0.2, 0) is 5.75 Å². The molecule has 21 heavy (non-hydrogen) atoms. The normalized spacial score (nSPS) is 10.7. The van der Waals surface area contributed by atoms with Gasteiger partial charge in [0.2, 0.25) is 5.89 Å². The number of hydrogen-bond donors (Lipinski definition) is 1. The van der Waals surface area contributed by atoms with Crippen molar-refractivity contribution >= 4 is 17.4 Å². The average Bonchev–Trinajstić information content (AvgIpc) is 2.99. The van der Waals surface area contributed by atoms with Crippen LogP contribution < -0.4 is 5.73 Å². The van der Waals surface area contributed by atoms with E-state index < -0.39 is 0 Å². The van der Waals surface area contributed by atoms with Crippen LogP contribution in [0.5, 0.6) is 0 Å². The number of para-hydroxylation sites is 1. The Morgan fingerprint density at radius 3 is 2.71 bits per heavy atom. The van der Waals surface area contributed by atoms with Gasteiger partial charge in [0.1, 0.15) is 0 Å². The van der Waals surface area contributed by atoms with Crippen LogP contribution >= 0.6 is 11.8 Å². The van der Waals surface area contributed by atoms with Crippen molar-refractivity contribution in [2.75, 3.05) is 5.73 Å². The molecule has 0 bridgehead atoms. The molecule has 3 rings (SSSR count). The summed E-state index contributed by atoms with van der Waals surface area (Å²) in [4.78, 5) is 5.40. The Hall–Kier alpha value is -2.20. The fourth-order valence-electron chi connectivity index (χ4n) is 2.03. The number of hydrogen-bond acceptors (Lipinski definition) is 4. The molecule has 4 heteroatoms. The van der Waals surface area contributed by atoms with E-state index in [1.165, 1.54) is 0 Å². The summed E-state index contributed by atoms with van der Waals surface area (Å²) in [7, 11) is 0. The summed E-state index contributed by atoms with van der Waals surface area (Å²) in [6.07, 6.45) is 1.77. The van der Waals surface area contributed by atoms with E-state index in [0.29, 0.717) is 11.6 Å². The predicted molar refractivity (Wildman–Crippen MR) is 87.1 cm³/mol. The first kappa shape index (κ1) is 13.8. The lowest BCUT2D eigenvalue weighted by Gasteiger charge is -2.06. The number of aryl methyl sites for hydroxylation is 1. The molecule has 0 saturated carbocycles. The Morgan fingerprint density at radius 2 is 1.90 bits per heavy atom. The topological polar surface area (TPSA) is 52.0 Å². The summed E-state index contributed by atoms with van der Waals surface area (Å²) in [5.74, 6) is 2.17. The molecule has 0 atom stereocenters. The number of nitrogen functional groups attached to an aromatic ring is 1. The van der Waals surface area contributed by atoms with Crippen molar-refractivity contribution < 1.29 is 4.42 Å². The van der Waals surface area contributed by atoms with Crippen molar-refractivity contribution in [1.82, 2.24) is 4.98 Å². The molecular weight excluding hydrogens is 280 g/mol. The molecule has 3 aromatic rings. The van der Waals surface area contributed by atoms with Crippen molar-refractivity contribution in [1.29, 1.82) is 0 Å². The third-order valence-electron chi connectivity index (χ3n) is 3.25. The van der Waals surface area contributed by atoms with Crippen LogP contribution in [0.25, 0.3) is 11.3 Å². The Morgan fingerprint density at radius 1 is 1.10 bits per heavy atom. The van der Waals surface area contributed by atoms with Gasteiger partial charge < -0.3 is 10.2 Å². The molecule has 0 radical (unpaired) electrons. The van der Waals surface area contributed by atoms with Crippen LogP contribution in [0.1, 0.15) is 11.5 Å². The summed E-state index contributed by atoms with van der Waals surface area (Å²) in [5, 5.41) is 0. The average molecular weight is 296 g/mol. The van der Waals surface area contributed by atoms with E-state index in [4.69, 9.17) is 10.2 Å². The summed E-state index contributed by atoms with van der Waals surface area (Å²) < 4.78 is 5.79. The smallest absolute Gasteiger partial charge is 0.205 e. The largest absolute Gasteiger partial charge is 0.440 e. The van der Waals surface area contributed by atoms with Crippen LogP contribution in [-0.4, -0.2) is 4.98 Å². The van der Waals surface area contributed by atoms with Crippen molar-refractivity contribution in [2.45, 2.75) is 17.6 Å². The van der Waals surface area contributed by atoms with Gasteiger partial charge in [0, 0.05) is 16.1 Å². The Labute approximate surface area is 128 Å². The minimum atomic E-state index is 0.667. The fraction of sp³-hybridized carbons (Fsp3) is 0.118. The molecule has 2 aromatic carbocycles. The minimum absolute atomic E-state index is 0.667. The van der Waals surface area contributed by atoms with Crippen LogP contribution in [0.4, 0.5) is 5.69 Å². The number of benzene rings is 2. The maximum absolute atomic E-state index is 6.07. The second-order valence-electron chi connectivity index (χ2n) is 4.76. The molecule has 0 aliphatic carbocycles. The third-order valence-corrected chi connectivity index (χ3v) is 4.31. The first-order valence-corrected chi connectivity index (χ1v) is 7.70. The molecular formula is C17H16N2OS. The Balaban J connectivity index is 1.72. The first-order valence-electron chi connectivity index (χ1n) is 6.72. The standard InChI is InChI=1S/C17H16N2OS/c1-12-6-5-9-15(17(12)18)21-11-16-19-10-14(20-16)13-7-3-2-4-8-13/h2-10H,11,18H2,1H3. The number of nitrogens with zero attached hydrogens (tertiary/aromatic N) is 1. The van der Waals surface area contributed by atoms with Gasteiger partial charge >= 0.3 is 0 Å². The number of thioether (sulfide) groups is 1. The van der Waals surface area contributed by atoms with E-state index in [2.05, 4.69) is 4.98 Å². The molecule has 0 spiro atoms. The summed E-state index contributed by atoms with van der Waals surface area (Å²) in [5.41, 5.74) is 9.04. The summed E-state index contributed by atoms with van der Waals surface area (Å²) in [6, 6.07) is 16.0. The zero-order valence-corrected chi connectivity index (χ0v) is 12.6. The molecule has 106 valence electrons. The molecule has 0 amide bonds. The maximum atomic E-state index is 6.07. The van der Waals surface area contributed by atoms with E-state index in [1.54, 1.807) is 18.0 Å². The van der Waals surface area contributed by atoms with E-state index in [1.807, 2.05) is 55.5 Å². The lowest BCUT2D eigenvalue weighted by atomic mass is 10.2. The van der Waals surface area contributed by atoms with Gasteiger partial charge in [-0.1, -0.05) is 42.5 Å². The van der Waals surface area contributed by atoms with Gasteiger partial charge in [-0.15, -0.1) is 11.8 Å². The lowest BCUT2D eigenvalue weighted by molar-refractivity contribution is 0.530. The number of nitrogens with two attached hydrogens (primary N) is 1. The van der Waals surface area contributed by atoms with E-state index >= 15 is 0 Å². The van der Waals surface area contributed by atoms with Gasteiger partial charge in [-0.2, -0.15) is 0 Å². The highest BCUT2D eigenvalue weighted by molar-refractivity contribution is 7.98. The van der Waals surface area contributed by atoms with Gasteiger partial charge in [-0.05, 0) is 18.6 Å². The van der Waals surface area contributed by atoms with Crippen LogP contribution in [0.15, 0.2) is 64.0 Å². The molecule has 0 unspecified atom stereocenters. The summed E-state index contributed by atoms with van der Waals surface area (Å²) in [6.45, 7) is 2.01. The quantitative estimate of drug-likeness (QED) is 0.568. The van der Waals surface area contributed by atoms with E-state index in [-0.39, 0.29) is 0 Å². The maximum Gasteiger partial charge on any atom is 0.205 e. The highest BCUT2D eigenvalue weighted by Crippen LogP contribution is 2.30. The molecule has 1 aromatic heterocycles. The molecule has 1 heterocycles. The van der Waals surface area contributed by atoms with E-state index in [0.717, 1.165) is 27.5 Å². The second-order valence-corrected chi connectivity index (χ2v) is 5.78. The van der Waals surface area contributed by atoms with Crippen molar-refractivity contribution in [3.63, 3.8) is 0 Å². The van der Waals surface area contributed by atoms with Crippen LogP contribution in [0, 0.1) is 6.92 Å². The molecule has 3 nitrogen and oxygen atoms in total. The number of anilines is 1. The number of rotatable bonds is 4. The van der Waals surface area contributed by atoms with Gasteiger partial charge in [0.15, 0.2) is 5.76 Å². The van der Waals surface area contributed by atoms with Gasteiger partial charge in [0.25, 0.3) is 0 Å². The monoisotopic (exact) mass is 296 g/mol. The van der Waals surface area contributed by atoms with Gasteiger partial charge in [-0.3, -0.25) is 0 Å². The van der Waals surface area contributed by atoms with Crippen LogP contribution in [0.3, 0.4) is 0 Å². The summed E-state index contributed by atoms with van der Waals surface area (Å²) >= 11 is 1.64. The molecule has 0 aliphatic rings. The van der Waals surface area contributed by atoms with Gasteiger partial charge in [0.05, 0.1) is 11.9 Å². The molecule has 0 saturated heterocycles. The fourth-order valence-corrected chi connectivity index (χ4v) is 2.94. The number of oxazole rings is 1. The third kappa shape index (κ3) is 3.11. The molecule has 2 N–H and O–H groups in total. The molecule has 0 aliphatic heterocycles. The van der Waals surface area contributed by atoms with Gasteiger partial charge in [-0.25, -0.2) is 4.98 Å². The first-order chi connectivity index (χ1) is 10.2. The lowest BCUT2D eigenvalue weighted by Crippen LogP contribution is -1.92. The second kappa shape index (κ2) is 6.06. The van der Waals surface area contributed by atoms with Crippen molar-refractivity contribution in [3.8, 4) is 11.3 Å². The Kier molecular flexibility index (Phi) is 3.97. The number of aromatic nitrogens is 1. The minimum Gasteiger partial charge on any atom is -0.440 e. The zero-order chi connectivity index (χ0) is 14.7. The highest BCUT2D eigenvalue weighted by Gasteiger charge is 2.08. The SMILES string of the molecule is Cc1cccc(SCc2ncc(-c3ccccc3)o2)c1N. The molecule has 0 fully saturated rings. The highest BCUT2D eigenvalue weighted by atomic mass is 32.2. The predicted octanol–water partition coefficient (Wildman–Crippen LogP) is 4.52. The Bertz CT molecular complexity index is 738. The zero-order valence-electron chi connectivity index (χ0n) is 11.7. The van der Waals surface area contributed by atoms with Crippen molar-refractivity contribution in [3.05, 3.63) is 66.2 Å². The van der Waals surface area contributed by atoms with Crippen LogP contribution in [0.2, 0.25) is 0 Å².